The molecule has 0 bridgehead atoms. The zero-order chi connectivity index (χ0) is 18.6. The average molecular weight is 488 g/mol. The molecular formula is C20H33IN4O2. The van der Waals surface area contributed by atoms with Gasteiger partial charge >= 0.3 is 0 Å². The van der Waals surface area contributed by atoms with Gasteiger partial charge in [0.25, 0.3) is 0 Å². The molecule has 1 saturated carbocycles. The predicted octanol–water partition coefficient (Wildman–Crippen LogP) is 3.21. The fourth-order valence-corrected chi connectivity index (χ4v) is 3.18. The van der Waals surface area contributed by atoms with E-state index in [2.05, 4.69) is 20.9 Å². The van der Waals surface area contributed by atoms with Gasteiger partial charge in [0.05, 0.1) is 13.7 Å². The van der Waals surface area contributed by atoms with Crippen LogP contribution >= 0.6 is 24.0 Å². The molecule has 0 spiro atoms. The van der Waals surface area contributed by atoms with Gasteiger partial charge in [0, 0.05) is 31.1 Å². The molecule has 0 unspecified atom stereocenters. The lowest BCUT2D eigenvalue weighted by Gasteiger charge is -2.22. The van der Waals surface area contributed by atoms with E-state index in [0.29, 0.717) is 31.5 Å². The van der Waals surface area contributed by atoms with Gasteiger partial charge in [0.15, 0.2) is 5.96 Å². The summed E-state index contributed by atoms with van der Waals surface area (Å²) in [5.41, 5.74) is 1.03. The summed E-state index contributed by atoms with van der Waals surface area (Å²) in [4.78, 5) is 16.7. The smallest absolute Gasteiger partial charge is 0.221 e. The van der Waals surface area contributed by atoms with Crippen molar-refractivity contribution in [2.45, 2.75) is 58.0 Å². The Morgan fingerprint density at radius 3 is 2.63 bits per heavy atom. The van der Waals surface area contributed by atoms with E-state index in [1.807, 2.05) is 31.2 Å². The maximum absolute atomic E-state index is 12.1. The van der Waals surface area contributed by atoms with Crippen LogP contribution in [0.5, 0.6) is 5.75 Å². The third-order valence-electron chi connectivity index (χ3n) is 4.56. The van der Waals surface area contributed by atoms with E-state index in [9.17, 15) is 4.79 Å². The van der Waals surface area contributed by atoms with E-state index < -0.39 is 0 Å². The van der Waals surface area contributed by atoms with Crippen molar-refractivity contribution in [2.24, 2.45) is 4.99 Å². The van der Waals surface area contributed by atoms with Gasteiger partial charge < -0.3 is 20.7 Å². The second kappa shape index (κ2) is 13.6. The van der Waals surface area contributed by atoms with Crippen LogP contribution in [0.15, 0.2) is 29.3 Å². The van der Waals surface area contributed by atoms with Gasteiger partial charge in [0.2, 0.25) is 5.91 Å². The summed E-state index contributed by atoms with van der Waals surface area (Å²) in [5.74, 6) is 1.66. The first kappa shape index (κ1) is 23.5. The Hall–Kier alpha value is -1.51. The fourth-order valence-electron chi connectivity index (χ4n) is 3.18. The van der Waals surface area contributed by atoms with Crippen LogP contribution in [0.3, 0.4) is 0 Å². The number of hydrogen-bond donors (Lipinski definition) is 3. The van der Waals surface area contributed by atoms with E-state index in [1.165, 1.54) is 19.3 Å². The van der Waals surface area contributed by atoms with Crippen molar-refractivity contribution in [3.05, 3.63) is 29.8 Å². The van der Waals surface area contributed by atoms with Crippen molar-refractivity contribution in [3.8, 4) is 5.75 Å². The van der Waals surface area contributed by atoms with Gasteiger partial charge in [-0.1, -0.05) is 37.5 Å². The molecule has 1 aliphatic carbocycles. The topological polar surface area (TPSA) is 74.8 Å². The van der Waals surface area contributed by atoms with Gasteiger partial charge in [-0.15, -0.1) is 24.0 Å². The van der Waals surface area contributed by atoms with Crippen LogP contribution in [0.25, 0.3) is 0 Å². The largest absolute Gasteiger partial charge is 0.496 e. The Bertz CT molecular complexity index is 589. The summed E-state index contributed by atoms with van der Waals surface area (Å²) in [6.07, 6.45) is 6.43. The first-order chi connectivity index (χ1) is 12.7. The van der Waals surface area contributed by atoms with Crippen LogP contribution in [0, 0.1) is 0 Å². The number of carbonyl (C=O) groups excluding carboxylic acids is 1. The normalized spacial score (nSPS) is 14.8. The molecule has 6 nitrogen and oxygen atoms in total. The number of aliphatic imine (C=N–C) groups is 1. The predicted molar refractivity (Wildman–Crippen MR) is 121 cm³/mol. The van der Waals surface area contributed by atoms with Crippen LogP contribution in [-0.4, -0.2) is 38.1 Å². The highest BCUT2D eigenvalue weighted by Crippen LogP contribution is 2.18. The molecule has 1 aromatic carbocycles. The SMILES string of the molecule is CCNC(=NCc1ccccc1OC)NCCC(=O)NC1CCCCC1.I. The van der Waals surface area contributed by atoms with Crippen LogP contribution in [-0.2, 0) is 11.3 Å². The minimum Gasteiger partial charge on any atom is -0.496 e. The molecule has 0 aromatic heterocycles. The molecule has 0 heterocycles. The summed E-state index contributed by atoms with van der Waals surface area (Å²) in [7, 11) is 1.66. The van der Waals surface area contributed by atoms with Gasteiger partial charge in [-0.2, -0.15) is 0 Å². The summed E-state index contributed by atoms with van der Waals surface area (Å²) >= 11 is 0. The molecular weight excluding hydrogens is 455 g/mol. The first-order valence-electron chi connectivity index (χ1n) is 9.66. The number of halogens is 1. The fraction of sp³-hybridized carbons (Fsp3) is 0.600. The third kappa shape index (κ3) is 8.81. The van der Waals surface area contributed by atoms with Crippen LogP contribution in [0.2, 0.25) is 0 Å². The molecule has 7 heteroatoms. The van der Waals surface area contributed by atoms with Crippen molar-refractivity contribution in [1.29, 1.82) is 0 Å². The van der Waals surface area contributed by atoms with Crippen molar-refractivity contribution in [2.75, 3.05) is 20.2 Å². The number of nitrogens with one attached hydrogen (secondary N) is 3. The summed E-state index contributed by atoms with van der Waals surface area (Å²) in [5, 5.41) is 9.59. The van der Waals surface area contributed by atoms with Crippen LogP contribution < -0.4 is 20.7 Å². The van der Waals surface area contributed by atoms with E-state index >= 15 is 0 Å². The Morgan fingerprint density at radius 2 is 1.93 bits per heavy atom. The minimum atomic E-state index is 0. The van der Waals surface area contributed by atoms with Gasteiger partial charge in [-0.05, 0) is 25.8 Å². The summed E-state index contributed by atoms with van der Waals surface area (Å²) in [6, 6.07) is 8.22. The van der Waals surface area contributed by atoms with Crippen molar-refractivity contribution < 1.29 is 9.53 Å². The molecule has 1 aromatic rings. The molecule has 3 N–H and O–H groups in total. The highest BCUT2D eigenvalue weighted by molar-refractivity contribution is 14.0. The van der Waals surface area contributed by atoms with Crippen molar-refractivity contribution >= 4 is 35.8 Å². The van der Waals surface area contributed by atoms with E-state index in [0.717, 1.165) is 30.7 Å². The number of amides is 1. The second-order valence-corrected chi connectivity index (χ2v) is 6.59. The Morgan fingerprint density at radius 1 is 1.19 bits per heavy atom. The number of benzene rings is 1. The molecule has 1 amide bonds. The maximum atomic E-state index is 12.1. The Balaban J connectivity index is 0.00000364. The molecule has 0 radical (unpaired) electrons. The van der Waals surface area contributed by atoms with E-state index in [4.69, 9.17) is 4.74 Å². The summed E-state index contributed by atoms with van der Waals surface area (Å²) < 4.78 is 5.36. The molecule has 0 saturated heterocycles. The average Bonchev–Trinajstić information content (AvgIpc) is 2.67. The number of guanidine groups is 1. The third-order valence-corrected chi connectivity index (χ3v) is 4.56. The minimum absolute atomic E-state index is 0. The Labute approximate surface area is 179 Å². The number of hydrogen-bond acceptors (Lipinski definition) is 3. The van der Waals surface area contributed by atoms with Crippen molar-refractivity contribution in [1.82, 2.24) is 16.0 Å². The maximum Gasteiger partial charge on any atom is 0.221 e. The van der Waals surface area contributed by atoms with Gasteiger partial charge in [-0.25, -0.2) is 4.99 Å². The molecule has 1 aliphatic rings. The molecule has 1 fully saturated rings. The highest BCUT2D eigenvalue weighted by atomic mass is 127. The molecule has 2 rings (SSSR count). The van der Waals surface area contributed by atoms with Crippen LogP contribution in [0.1, 0.15) is 51.0 Å². The number of nitrogens with zero attached hydrogens (tertiary/aromatic N) is 1. The number of ether oxygens (including phenoxy) is 1. The lowest BCUT2D eigenvalue weighted by Crippen LogP contribution is -2.41. The number of carbonyl (C=O) groups is 1. The zero-order valence-electron chi connectivity index (χ0n) is 16.4. The number of methoxy groups -OCH3 is 1. The van der Waals surface area contributed by atoms with E-state index in [1.54, 1.807) is 7.11 Å². The Kier molecular flexibility index (Phi) is 11.9. The lowest BCUT2D eigenvalue weighted by atomic mass is 9.95. The standard InChI is InChI=1S/C20H32N4O2.HI/c1-3-21-20(23-15-16-9-7-8-12-18(16)26-2)22-14-13-19(25)24-17-10-5-4-6-11-17;/h7-9,12,17H,3-6,10-11,13-15H2,1-2H3,(H,24,25)(H2,21,22,23);1H. The molecule has 152 valence electrons. The van der Waals surface area contributed by atoms with Gasteiger partial charge in [-0.3, -0.25) is 4.79 Å². The number of para-hydroxylation sites is 1. The number of rotatable bonds is 8. The summed E-state index contributed by atoms with van der Waals surface area (Å²) in [6.45, 7) is 3.88. The quantitative estimate of drug-likeness (QED) is 0.299. The highest BCUT2D eigenvalue weighted by Gasteiger charge is 2.15. The molecule has 0 atom stereocenters. The lowest BCUT2D eigenvalue weighted by molar-refractivity contribution is -0.121. The second-order valence-electron chi connectivity index (χ2n) is 6.59. The zero-order valence-corrected chi connectivity index (χ0v) is 18.8. The molecule has 27 heavy (non-hydrogen) atoms. The van der Waals surface area contributed by atoms with E-state index in [-0.39, 0.29) is 29.9 Å². The first-order valence-corrected chi connectivity index (χ1v) is 9.66. The van der Waals surface area contributed by atoms with Gasteiger partial charge in [0.1, 0.15) is 5.75 Å². The monoisotopic (exact) mass is 488 g/mol. The van der Waals surface area contributed by atoms with Crippen molar-refractivity contribution in [3.63, 3.8) is 0 Å². The molecule has 0 aliphatic heterocycles. The van der Waals surface area contributed by atoms with Crippen LogP contribution in [0.4, 0.5) is 0 Å².